The average molecular weight is 198 g/mol. The summed E-state index contributed by atoms with van der Waals surface area (Å²) in [6, 6.07) is 4.29. The van der Waals surface area contributed by atoms with Crippen LogP contribution in [0.25, 0.3) is 0 Å². The van der Waals surface area contributed by atoms with Crippen molar-refractivity contribution in [3.8, 4) is 0 Å². The van der Waals surface area contributed by atoms with Gasteiger partial charge in [0.25, 0.3) is 0 Å². The van der Waals surface area contributed by atoms with Crippen molar-refractivity contribution in [2.75, 3.05) is 19.6 Å². The Balaban J connectivity index is 2.46. The molecule has 0 bridgehead atoms. The molecule has 1 aromatic heterocycles. The van der Waals surface area contributed by atoms with Gasteiger partial charge in [-0.2, -0.15) is 0 Å². The van der Waals surface area contributed by atoms with Gasteiger partial charge in [0.2, 0.25) is 0 Å². The Morgan fingerprint density at radius 2 is 2.31 bits per heavy atom. The number of nitrogens with two attached hydrogens (primary N) is 1. The molecule has 0 saturated heterocycles. The first-order valence-electron chi connectivity index (χ1n) is 4.61. The van der Waals surface area contributed by atoms with Crippen LogP contribution < -0.4 is 11.1 Å². The third kappa shape index (κ3) is 3.10. The Morgan fingerprint density at radius 1 is 1.54 bits per heavy atom. The molecule has 1 rings (SSSR count). The number of hydrogen-bond donors (Lipinski definition) is 2. The van der Waals surface area contributed by atoms with Crippen molar-refractivity contribution in [1.82, 2.24) is 5.32 Å². The molecule has 0 radical (unpaired) electrons. The summed E-state index contributed by atoms with van der Waals surface area (Å²) in [5.41, 5.74) is 5.64. The molecule has 0 unspecified atom stereocenters. The fourth-order valence-electron chi connectivity index (χ4n) is 1.25. The molecule has 0 spiro atoms. The lowest BCUT2D eigenvalue weighted by Gasteiger charge is -2.23. The third-order valence-corrected chi connectivity index (χ3v) is 3.31. The van der Waals surface area contributed by atoms with Gasteiger partial charge in [0.15, 0.2) is 0 Å². The van der Waals surface area contributed by atoms with Gasteiger partial charge in [0.05, 0.1) is 0 Å². The summed E-state index contributed by atoms with van der Waals surface area (Å²) in [5.74, 6) is 0. The molecule has 1 heterocycles. The molecule has 1 aromatic rings. The van der Waals surface area contributed by atoms with E-state index in [0.717, 1.165) is 13.1 Å². The Hall–Kier alpha value is -0.380. The van der Waals surface area contributed by atoms with Gasteiger partial charge < -0.3 is 11.1 Å². The predicted molar refractivity (Wildman–Crippen MR) is 59.3 cm³/mol. The summed E-state index contributed by atoms with van der Waals surface area (Å²) in [7, 11) is 0. The maximum atomic E-state index is 5.42. The minimum atomic E-state index is 0.226. The normalized spacial score (nSPS) is 11.9. The van der Waals surface area contributed by atoms with Crippen LogP contribution in [0.2, 0.25) is 0 Å². The van der Waals surface area contributed by atoms with Gasteiger partial charge in [-0.05, 0) is 11.4 Å². The van der Waals surface area contributed by atoms with Crippen LogP contribution >= 0.6 is 11.3 Å². The van der Waals surface area contributed by atoms with Gasteiger partial charge >= 0.3 is 0 Å². The summed E-state index contributed by atoms with van der Waals surface area (Å²) in [6.45, 7) is 7.10. The molecular formula is C10H18N2S. The van der Waals surface area contributed by atoms with Gasteiger partial charge in [-0.15, -0.1) is 11.3 Å². The van der Waals surface area contributed by atoms with Gasteiger partial charge in [-0.25, -0.2) is 0 Å². The summed E-state index contributed by atoms with van der Waals surface area (Å²) < 4.78 is 0. The molecule has 0 aliphatic heterocycles. The van der Waals surface area contributed by atoms with E-state index in [2.05, 4.69) is 36.7 Å². The lowest BCUT2D eigenvalue weighted by molar-refractivity contribution is 0.481. The maximum Gasteiger partial charge on any atom is 0.0115 e. The lowest BCUT2D eigenvalue weighted by Crippen LogP contribution is -2.34. The number of rotatable bonds is 5. The highest BCUT2D eigenvalue weighted by atomic mass is 32.1. The monoisotopic (exact) mass is 198 g/mol. The van der Waals surface area contributed by atoms with Crippen molar-refractivity contribution in [3.63, 3.8) is 0 Å². The van der Waals surface area contributed by atoms with Crippen LogP contribution in [-0.4, -0.2) is 19.6 Å². The van der Waals surface area contributed by atoms with Crippen LogP contribution in [0.15, 0.2) is 17.5 Å². The zero-order chi connectivity index (χ0) is 9.73. The Morgan fingerprint density at radius 3 is 2.85 bits per heavy atom. The van der Waals surface area contributed by atoms with Crippen molar-refractivity contribution < 1.29 is 0 Å². The van der Waals surface area contributed by atoms with E-state index in [1.165, 1.54) is 4.88 Å². The van der Waals surface area contributed by atoms with Crippen molar-refractivity contribution in [1.29, 1.82) is 0 Å². The van der Waals surface area contributed by atoms with Crippen LogP contribution in [0.3, 0.4) is 0 Å². The van der Waals surface area contributed by atoms with Crippen LogP contribution in [0, 0.1) is 0 Å². The third-order valence-electron chi connectivity index (χ3n) is 2.08. The van der Waals surface area contributed by atoms with Gasteiger partial charge in [-0.1, -0.05) is 19.9 Å². The summed E-state index contributed by atoms with van der Waals surface area (Å²) in [6.07, 6.45) is 0. The van der Waals surface area contributed by atoms with Gasteiger partial charge in [0, 0.05) is 29.9 Å². The first-order chi connectivity index (χ1) is 6.17. The molecule has 3 N–H and O–H groups in total. The fraction of sp³-hybridized carbons (Fsp3) is 0.600. The number of thiophene rings is 1. The van der Waals surface area contributed by atoms with Gasteiger partial charge in [0.1, 0.15) is 0 Å². The fourth-order valence-corrected chi connectivity index (χ4v) is 2.11. The number of hydrogen-bond acceptors (Lipinski definition) is 3. The van der Waals surface area contributed by atoms with E-state index in [4.69, 9.17) is 5.73 Å². The largest absolute Gasteiger partial charge is 0.329 e. The first-order valence-corrected chi connectivity index (χ1v) is 5.49. The van der Waals surface area contributed by atoms with E-state index < -0.39 is 0 Å². The lowest BCUT2D eigenvalue weighted by atomic mass is 9.91. The minimum Gasteiger partial charge on any atom is -0.329 e. The second kappa shape index (κ2) is 4.74. The zero-order valence-corrected chi connectivity index (χ0v) is 9.16. The van der Waals surface area contributed by atoms with Crippen molar-refractivity contribution in [2.24, 2.45) is 5.73 Å². The second-order valence-corrected chi connectivity index (χ2v) is 4.77. The van der Waals surface area contributed by atoms with Crippen LogP contribution in [0.5, 0.6) is 0 Å². The molecular weight excluding hydrogens is 180 g/mol. The molecule has 0 aliphatic carbocycles. The maximum absolute atomic E-state index is 5.42. The molecule has 0 aliphatic rings. The predicted octanol–water partition coefficient (Wildman–Crippen LogP) is 1.57. The molecule has 74 valence electrons. The van der Waals surface area contributed by atoms with E-state index in [-0.39, 0.29) is 5.41 Å². The standard InChI is InChI=1S/C10H18N2S/c1-10(2,8-12-6-5-11)9-4-3-7-13-9/h3-4,7,12H,5-6,8,11H2,1-2H3. The highest BCUT2D eigenvalue weighted by Gasteiger charge is 2.20. The van der Waals surface area contributed by atoms with E-state index in [0.29, 0.717) is 6.54 Å². The molecule has 0 aromatic carbocycles. The van der Waals surface area contributed by atoms with E-state index in [1.807, 2.05) is 11.3 Å². The smallest absolute Gasteiger partial charge is 0.0115 e. The quantitative estimate of drug-likeness (QED) is 0.705. The van der Waals surface area contributed by atoms with Crippen molar-refractivity contribution in [2.45, 2.75) is 19.3 Å². The molecule has 13 heavy (non-hydrogen) atoms. The first kappa shape index (κ1) is 10.7. The highest BCUT2D eigenvalue weighted by molar-refractivity contribution is 7.10. The van der Waals surface area contributed by atoms with E-state index in [9.17, 15) is 0 Å². The van der Waals surface area contributed by atoms with Crippen LogP contribution in [0.4, 0.5) is 0 Å². The SMILES string of the molecule is CC(C)(CNCCN)c1cccs1. The van der Waals surface area contributed by atoms with E-state index >= 15 is 0 Å². The highest BCUT2D eigenvalue weighted by Crippen LogP contribution is 2.26. The van der Waals surface area contributed by atoms with Crippen molar-refractivity contribution in [3.05, 3.63) is 22.4 Å². The molecule has 0 amide bonds. The zero-order valence-electron chi connectivity index (χ0n) is 8.34. The number of nitrogens with one attached hydrogen (secondary N) is 1. The molecule has 2 nitrogen and oxygen atoms in total. The van der Waals surface area contributed by atoms with E-state index in [1.54, 1.807) is 0 Å². The topological polar surface area (TPSA) is 38.0 Å². The Bertz CT molecular complexity index is 229. The Kier molecular flexibility index (Phi) is 3.90. The molecule has 3 heteroatoms. The summed E-state index contributed by atoms with van der Waals surface area (Å²) in [4.78, 5) is 1.43. The van der Waals surface area contributed by atoms with Gasteiger partial charge in [-0.3, -0.25) is 0 Å². The second-order valence-electron chi connectivity index (χ2n) is 3.83. The molecule has 0 fully saturated rings. The summed E-state index contributed by atoms with van der Waals surface area (Å²) in [5, 5.41) is 5.47. The average Bonchev–Trinajstić information content (AvgIpc) is 2.56. The summed E-state index contributed by atoms with van der Waals surface area (Å²) >= 11 is 1.82. The minimum absolute atomic E-state index is 0.226. The van der Waals surface area contributed by atoms with Crippen LogP contribution in [-0.2, 0) is 5.41 Å². The molecule has 0 saturated carbocycles. The van der Waals surface area contributed by atoms with Crippen molar-refractivity contribution >= 4 is 11.3 Å². The van der Waals surface area contributed by atoms with Crippen LogP contribution in [0.1, 0.15) is 18.7 Å². The molecule has 0 atom stereocenters. The Labute approximate surface area is 84.2 Å².